The second kappa shape index (κ2) is 11.2. The fraction of sp³-hybridized carbons (Fsp3) is 0.943. The monoisotopic (exact) mass is 635 g/mol. The minimum atomic E-state index is -4.24. The number of sulfonamides is 1. The summed E-state index contributed by atoms with van der Waals surface area (Å²) in [6.07, 6.45) is 10.2. The Bertz CT molecular complexity index is 1250. The highest BCUT2D eigenvalue weighted by atomic mass is 32.2. The third kappa shape index (κ3) is 4.58. The molecule has 0 saturated heterocycles. The Morgan fingerprint density at radius 2 is 1.66 bits per heavy atom. The zero-order valence-corrected chi connectivity index (χ0v) is 28.5. The molecule has 2 bridgehead atoms. The molecule has 0 spiro atoms. The van der Waals surface area contributed by atoms with Gasteiger partial charge in [-0.05, 0) is 128 Å². The van der Waals surface area contributed by atoms with Gasteiger partial charge in [-0.1, -0.05) is 47.5 Å². The van der Waals surface area contributed by atoms with E-state index in [0.717, 1.165) is 64.2 Å². The third-order valence-corrected chi connectivity index (χ3v) is 17.5. The number of amides is 1. The Morgan fingerprint density at radius 1 is 0.955 bits per heavy atom. The summed E-state index contributed by atoms with van der Waals surface area (Å²) in [4.78, 5) is 25.7. The first-order chi connectivity index (χ1) is 20.6. The topological polar surface area (TPSA) is 130 Å². The molecule has 0 aromatic heterocycles. The number of fused-ring (bicyclic) bond motifs is 7. The van der Waals surface area contributed by atoms with Gasteiger partial charge < -0.3 is 14.9 Å². The van der Waals surface area contributed by atoms with Crippen LogP contribution in [-0.4, -0.2) is 54.1 Å². The molecule has 0 aromatic rings. The molecule has 0 radical (unpaired) electrons. The number of ketones is 1. The standard InChI is InChI=1S/C35H57NO7S/c1-6-24-27-20-23(37)13-16-34(27,5)26-14-17-33(4)21(11-12-25(33)29(26)30(24)39)10-8-18-43-31(40)36-44(41,42)35-15-7-9-22(19-28(35)38)32(35,2)3/h21-27,29-30,37,39H,6-20H2,1-5H3,(H,36,40)/t21-,22?,23+,24+,25-,26-,27-,29-,30+,33+,34+,35+/m0/s1. The molecule has 6 fully saturated rings. The number of aliphatic hydroxyl groups is 2. The lowest BCUT2D eigenvalue weighted by molar-refractivity contribution is -0.202. The van der Waals surface area contributed by atoms with Crippen molar-refractivity contribution in [1.29, 1.82) is 0 Å². The molecule has 6 saturated carbocycles. The highest BCUT2D eigenvalue weighted by molar-refractivity contribution is 7.92. The molecule has 44 heavy (non-hydrogen) atoms. The lowest BCUT2D eigenvalue weighted by Gasteiger charge is -2.64. The van der Waals surface area contributed by atoms with Crippen molar-refractivity contribution in [2.75, 3.05) is 6.61 Å². The van der Waals surface area contributed by atoms with Gasteiger partial charge >= 0.3 is 6.09 Å². The summed E-state index contributed by atoms with van der Waals surface area (Å²) in [5.74, 6) is 2.12. The van der Waals surface area contributed by atoms with E-state index >= 15 is 0 Å². The van der Waals surface area contributed by atoms with Crippen LogP contribution in [0.15, 0.2) is 0 Å². The van der Waals surface area contributed by atoms with Gasteiger partial charge in [0.2, 0.25) is 0 Å². The van der Waals surface area contributed by atoms with Crippen molar-refractivity contribution in [2.24, 2.45) is 57.7 Å². The van der Waals surface area contributed by atoms with Crippen molar-refractivity contribution in [1.82, 2.24) is 4.72 Å². The first kappa shape index (κ1) is 32.7. The average Bonchev–Trinajstić information content (AvgIpc) is 3.28. The SMILES string of the molecule is CC[C@H]1[C@@H](O)[C@@H]2[C@H](CC[C@]3(C)[C@@H](CCCOC(=O)NS(=O)(=O)[C@]45CCCC(CC4=O)C5(C)C)CC[C@@H]23)[C@@]2(C)CC[C@@H](O)C[C@@H]12. The van der Waals surface area contributed by atoms with E-state index in [0.29, 0.717) is 42.4 Å². The zero-order valence-electron chi connectivity index (χ0n) is 27.6. The first-order valence-electron chi connectivity index (χ1n) is 17.7. The van der Waals surface area contributed by atoms with Gasteiger partial charge in [0.05, 0.1) is 18.8 Å². The van der Waals surface area contributed by atoms with Crippen LogP contribution in [0.5, 0.6) is 0 Å². The second-order valence-corrected chi connectivity index (χ2v) is 18.8. The van der Waals surface area contributed by atoms with Crippen LogP contribution in [0.3, 0.4) is 0 Å². The lowest BCUT2D eigenvalue weighted by Crippen LogP contribution is -2.62. The summed E-state index contributed by atoms with van der Waals surface area (Å²) in [5.41, 5.74) is -0.406. The molecule has 9 heteroatoms. The maximum Gasteiger partial charge on any atom is 0.420 e. The van der Waals surface area contributed by atoms with Crippen molar-refractivity contribution in [3.63, 3.8) is 0 Å². The fourth-order valence-corrected chi connectivity index (χ4v) is 14.9. The van der Waals surface area contributed by atoms with Gasteiger partial charge in [0.25, 0.3) is 10.0 Å². The van der Waals surface area contributed by atoms with Gasteiger partial charge in [-0.2, -0.15) is 0 Å². The maximum atomic E-state index is 13.5. The third-order valence-electron chi connectivity index (χ3n) is 15.2. The number of hydrogen-bond acceptors (Lipinski definition) is 7. The van der Waals surface area contributed by atoms with Crippen molar-refractivity contribution in [3.05, 3.63) is 0 Å². The molecule has 6 aliphatic carbocycles. The van der Waals surface area contributed by atoms with E-state index in [9.17, 15) is 28.2 Å². The van der Waals surface area contributed by atoms with Crippen molar-refractivity contribution < 1.29 is 33.0 Å². The fourth-order valence-electron chi connectivity index (χ4n) is 12.7. The average molecular weight is 636 g/mol. The van der Waals surface area contributed by atoms with Gasteiger partial charge in [-0.25, -0.2) is 17.9 Å². The minimum Gasteiger partial charge on any atom is -0.449 e. The quantitative estimate of drug-likeness (QED) is 0.293. The van der Waals surface area contributed by atoms with Crippen LogP contribution in [0.2, 0.25) is 0 Å². The van der Waals surface area contributed by atoms with Crippen LogP contribution in [-0.2, 0) is 19.6 Å². The lowest BCUT2D eigenvalue weighted by atomic mass is 9.41. The Morgan fingerprint density at radius 3 is 2.39 bits per heavy atom. The predicted octanol–water partition coefficient (Wildman–Crippen LogP) is 5.99. The highest BCUT2D eigenvalue weighted by Gasteiger charge is 2.69. The number of carbonyl (C=O) groups is 2. The first-order valence-corrected chi connectivity index (χ1v) is 19.2. The van der Waals surface area contributed by atoms with Gasteiger partial charge in [-0.15, -0.1) is 0 Å². The largest absolute Gasteiger partial charge is 0.449 e. The summed E-state index contributed by atoms with van der Waals surface area (Å²) >= 11 is 0. The smallest absolute Gasteiger partial charge is 0.420 e. The molecule has 12 atom stereocenters. The molecular formula is C35H57NO7S. The van der Waals surface area contributed by atoms with E-state index in [1.165, 1.54) is 0 Å². The van der Waals surface area contributed by atoms with E-state index in [1.807, 2.05) is 13.8 Å². The zero-order chi connectivity index (χ0) is 31.9. The van der Waals surface area contributed by atoms with Crippen LogP contribution < -0.4 is 4.72 Å². The molecule has 250 valence electrons. The number of carbonyl (C=O) groups excluding carboxylic acids is 2. The molecule has 0 aliphatic heterocycles. The number of rotatable bonds is 7. The van der Waals surface area contributed by atoms with E-state index in [-0.39, 0.29) is 60.1 Å². The summed E-state index contributed by atoms with van der Waals surface area (Å²) in [7, 11) is -4.24. The van der Waals surface area contributed by atoms with Crippen LogP contribution in [0.25, 0.3) is 0 Å². The molecular weight excluding hydrogens is 578 g/mol. The molecule has 8 nitrogen and oxygen atoms in total. The minimum absolute atomic E-state index is 0.0189. The van der Waals surface area contributed by atoms with Crippen molar-refractivity contribution in [2.45, 2.75) is 141 Å². The second-order valence-electron chi connectivity index (χ2n) is 16.9. The Balaban J connectivity index is 1.06. The van der Waals surface area contributed by atoms with Crippen molar-refractivity contribution >= 4 is 21.9 Å². The number of nitrogens with one attached hydrogen (secondary N) is 1. The molecule has 6 rings (SSSR count). The molecule has 3 N–H and O–H groups in total. The Kier molecular flexibility index (Phi) is 8.34. The highest BCUT2D eigenvalue weighted by Crippen LogP contribution is 2.69. The molecule has 1 unspecified atom stereocenters. The van der Waals surface area contributed by atoms with E-state index in [2.05, 4.69) is 25.5 Å². The summed E-state index contributed by atoms with van der Waals surface area (Å²) in [6, 6.07) is 0. The number of aliphatic hydroxyl groups excluding tert-OH is 2. The van der Waals surface area contributed by atoms with Gasteiger partial charge in [0.1, 0.15) is 0 Å². The summed E-state index contributed by atoms with van der Waals surface area (Å²) in [5, 5.41) is 22.4. The van der Waals surface area contributed by atoms with Gasteiger partial charge in [0, 0.05) is 6.42 Å². The normalized spacial score (nSPS) is 47.8. The van der Waals surface area contributed by atoms with E-state index in [4.69, 9.17) is 4.74 Å². The van der Waals surface area contributed by atoms with Crippen molar-refractivity contribution in [3.8, 4) is 0 Å². The van der Waals surface area contributed by atoms with Crippen LogP contribution in [0.1, 0.15) is 125 Å². The van der Waals surface area contributed by atoms with Crippen LogP contribution in [0.4, 0.5) is 4.79 Å². The Labute approximate surface area is 264 Å². The molecule has 0 aromatic carbocycles. The molecule has 1 amide bonds. The van der Waals surface area contributed by atoms with Crippen LogP contribution in [0, 0.1) is 57.7 Å². The van der Waals surface area contributed by atoms with Gasteiger partial charge in [-0.3, -0.25) is 4.79 Å². The summed E-state index contributed by atoms with van der Waals surface area (Å²) in [6.45, 7) is 10.9. The molecule has 0 heterocycles. The Hall–Kier alpha value is -1.19. The number of ether oxygens (including phenoxy) is 1. The van der Waals surface area contributed by atoms with Gasteiger partial charge in [0.15, 0.2) is 10.5 Å². The maximum absolute atomic E-state index is 13.5. The van der Waals surface area contributed by atoms with E-state index in [1.54, 1.807) is 0 Å². The number of Topliss-reactive ketones (excluding diaryl/α,β-unsaturated/α-hetero) is 1. The summed E-state index contributed by atoms with van der Waals surface area (Å²) < 4.78 is 33.0. The number of hydrogen-bond donors (Lipinski definition) is 3. The van der Waals surface area contributed by atoms with Crippen LogP contribution >= 0.6 is 0 Å². The molecule has 6 aliphatic rings. The van der Waals surface area contributed by atoms with E-state index < -0.39 is 26.3 Å². The predicted molar refractivity (Wildman–Crippen MR) is 168 cm³/mol.